The highest BCUT2D eigenvalue weighted by molar-refractivity contribution is 5.82. The fourth-order valence-corrected chi connectivity index (χ4v) is 3.03. The van der Waals surface area contributed by atoms with E-state index in [1.807, 2.05) is 4.90 Å². The summed E-state index contributed by atoms with van der Waals surface area (Å²) in [4.78, 5) is 22.0. The van der Waals surface area contributed by atoms with Crippen molar-refractivity contribution in [3.8, 4) is 0 Å². The Kier molecular flexibility index (Phi) is 3.31. The lowest BCUT2D eigenvalue weighted by Crippen LogP contribution is -2.52. The van der Waals surface area contributed by atoms with Crippen LogP contribution in [-0.2, 0) is 17.8 Å². The van der Waals surface area contributed by atoms with Crippen molar-refractivity contribution in [3.05, 3.63) is 17.7 Å². The summed E-state index contributed by atoms with van der Waals surface area (Å²) in [5, 5.41) is 3.32. The van der Waals surface area contributed by atoms with Gasteiger partial charge in [0, 0.05) is 26.1 Å². The Morgan fingerprint density at radius 2 is 2.26 bits per heavy atom. The highest BCUT2D eigenvalue weighted by atomic mass is 16.2. The lowest BCUT2D eigenvalue weighted by Gasteiger charge is -2.37. The summed E-state index contributed by atoms with van der Waals surface area (Å²) >= 11 is 0. The summed E-state index contributed by atoms with van der Waals surface area (Å²) in [6.45, 7) is 7.03. The second-order valence-corrected chi connectivity index (χ2v) is 5.99. The largest absolute Gasteiger partial charge is 0.347 e. The Bertz CT molecular complexity index is 470. The minimum atomic E-state index is -0.101. The van der Waals surface area contributed by atoms with E-state index in [2.05, 4.69) is 29.1 Å². The lowest BCUT2D eigenvalue weighted by atomic mass is 9.88. The first-order chi connectivity index (χ1) is 9.15. The van der Waals surface area contributed by atoms with Crippen molar-refractivity contribution in [2.75, 3.05) is 13.1 Å². The van der Waals surface area contributed by atoms with Crippen LogP contribution in [0.4, 0.5) is 0 Å². The fraction of sp³-hybridized carbons (Fsp3) is 0.714. The van der Waals surface area contributed by atoms with Crippen LogP contribution < -0.4 is 5.32 Å². The summed E-state index contributed by atoms with van der Waals surface area (Å²) in [5.74, 6) is 1.57. The van der Waals surface area contributed by atoms with Gasteiger partial charge >= 0.3 is 0 Å². The van der Waals surface area contributed by atoms with Crippen LogP contribution >= 0.6 is 0 Å². The Morgan fingerprint density at radius 3 is 3.05 bits per heavy atom. The molecular weight excluding hydrogens is 240 g/mol. The molecule has 3 rings (SSSR count). The van der Waals surface area contributed by atoms with Gasteiger partial charge in [-0.1, -0.05) is 13.8 Å². The number of aromatic nitrogens is 2. The zero-order valence-corrected chi connectivity index (χ0v) is 11.6. The molecule has 0 radical (unpaired) electrons. The maximum Gasteiger partial charge on any atom is 0.240 e. The van der Waals surface area contributed by atoms with E-state index in [-0.39, 0.29) is 11.9 Å². The molecule has 1 aromatic rings. The van der Waals surface area contributed by atoms with Gasteiger partial charge in [0.1, 0.15) is 0 Å². The van der Waals surface area contributed by atoms with Crippen LogP contribution in [0.5, 0.6) is 0 Å². The van der Waals surface area contributed by atoms with Crippen LogP contribution in [0.1, 0.15) is 31.7 Å². The number of aromatic amines is 1. The average Bonchev–Trinajstić information content (AvgIpc) is 2.88. The molecule has 19 heavy (non-hydrogen) atoms. The van der Waals surface area contributed by atoms with Crippen molar-refractivity contribution < 1.29 is 4.79 Å². The number of piperidine rings is 1. The number of carbonyl (C=O) groups excluding carboxylic acids is 1. The van der Waals surface area contributed by atoms with Crippen molar-refractivity contribution in [1.82, 2.24) is 20.2 Å². The van der Waals surface area contributed by atoms with Crippen molar-refractivity contribution >= 4 is 5.91 Å². The molecule has 0 aliphatic carbocycles. The van der Waals surface area contributed by atoms with E-state index in [9.17, 15) is 4.79 Å². The monoisotopic (exact) mass is 262 g/mol. The minimum Gasteiger partial charge on any atom is -0.347 e. The second-order valence-electron chi connectivity index (χ2n) is 5.99. The predicted octanol–water partition coefficient (Wildman–Crippen LogP) is 0.928. The number of hydrogen-bond acceptors (Lipinski definition) is 3. The Hall–Kier alpha value is -1.36. The number of H-pyrrole nitrogens is 1. The van der Waals surface area contributed by atoms with E-state index < -0.39 is 0 Å². The third-order valence-corrected chi connectivity index (χ3v) is 4.67. The molecule has 1 amide bonds. The van der Waals surface area contributed by atoms with Crippen LogP contribution in [-0.4, -0.2) is 39.9 Å². The molecule has 3 atom stereocenters. The van der Waals surface area contributed by atoms with Crippen molar-refractivity contribution in [1.29, 1.82) is 0 Å². The number of imidazole rings is 1. The number of nitrogens with zero attached hydrogens (tertiary/aromatic N) is 2. The second kappa shape index (κ2) is 4.96. The van der Waals surface area contributed by atoms with Crippen LogP contribution in [0.15, 0.2) is 6.33 Å². The number of fused-ring (bicyclic) bond motifs is 1. The molecule has 2 aliphatic rings. The molecule has 2 aliphatic heterocycles. The van der Waals surface area contributed by atoms with Crippen molar-refractivity contribution in [3.63, 3.8) is 0 Å². The van der Waals surface area contributed by atoms with Crippen LogP contribution in [0, 0.1) is 11.8 Å². The molecule has 0 bridgehead atoms. The number of carbonyl (C=O) groups is 1. The molecule has 0 saturated carbocycles. The average molecular weight is 262 g/mol. The minimum absolute atomic E-state index is 0.101. The Morgan fingerprint density at radius 1 is 1.42 bits per heavy atom. The molecule has 0 aromatic carbocycles. The smallest absolute Gasteiger partial charge is 0.240 e. The third-order valence-electron chi connectivity index (χ3n) is 4.67. The lowest BCUT2D eigenvalue weighted by molar-refractivity contribution is -0.136. The number of likely N-dealkylation sites (tertiary alicyclic amines) is 1. The molecule has 3 heterocycles. The molecule has 3 unspecified atom stereocenters. The molecule has 1 aromatic heterocycles. The van der Waals surface area contributed by atoms with Gasteiger partial charge in [-0.2, -0.15) is 0 Å². The maximum absolute atomic E-state index is 12.6. The quantitative estimate of drug-likeness (QED) is 0.791. The molecule has 104 valence electrons. The van der Waals surface area contributed by atoms with Crippen LogP contribution in [0.3, 0.4) is 0 Å². The summed E-state index contributed by atoms with van der Waals surface area (Å²) < 4.78 is 0. The van der Waals surface area contributed by atoms with Crippen LogP contribution in [0.2, 0.25) is 0 Å². The predicted molar refractivity (Wildman–Crippen MR) is 72.4 cm³/mol. The standard InChI is InChI=1S/C14H22N4O/c1-9-3-4-18(7-10(9)2)14(19)12-5-11-13(6-15-12)17-8-16-11/h8-10,12,15H,3-7H2,1-2H3,(H,16,17). The molecule has 1 fully saturated rings. The van der Waals surface area contributed by atoms with E-state index in [0.29, 0.717) is 18.9 Å². The van der Waals surface area contributed by atoms with Gasteiger partial charge in [-0.05, 0) is 18.3 Å². The van der Waals surface area contributed by atoms with Crippen molar-refractivity contribution in [2.45, 2.75) is 39.3 Å². The molecule has 2 N–H and O–H groups in total. The van der Waals surface area contributed by atoms with Gasteiger partial charge in [0.25, 0.3) is 0 Å². The highest BCUT2D eigenvalue weighted by Crippen LogP contribution is 2.24. The first-order valence-electron chi connectivity index (χ1n) is 7.18. The van der Waals surface area contributed by atoms with Gasteiger partial charge in [0.15, 0.2) is 0 Å². The van der Waals surface area contributed by atoms with Gasteiger partial charge in [0.2, 0.25) is 5.91 Å². The molecular formula is C14H22N4O. The molecule has 5 nitrogen and oxygen atoms in total. The fourth-order valence-electron chi connectivity index (χ4n) is 3.03. The normalized spacial score (nSPS) is 31.1. The SMILES string of the molecule is CC1CCN(C(=O)C2Cc3nc[nH]c3CN2)CC1C. The van der Waals surface area contributed by atoms with E-state index in [0.717, 1.165) is 36.8 Å². The number of hydrogen-bond donors (Lipinski definition) is 2. The maximum atomic E-state index is 12.6. The van der Waals surface area contributed by atoms with E-state index in [1.165, 1.54) is 0 Å². The summed E-state index contributed by atoms with van der Waals surface area (Å²) in [6.07, 6.45) is 3.54. The first-order valence-corrected chi connectivity index (χ1v) is 7.18. The number of rotatable bonds is 1. The van der Waals surface area contributed by atoms with Gasteiger partial charge in [-0.25, -0.2) is 4.98 Å². The summed E-state index contributed by atoms with van der Waals surface area (Å²) in [5.41, 5.74) is 2.15. The first kappa shape index (κ1) is 12.7. The van der Waals surface area contributed by atoms with Crippen molar-refractivity contribution in [2.24, 2.45) is 11.8 Å². The van der Waals surface area contributed by atoms with Crippen LogP contribution in [0.25, 0.3) is 0 Å². The number of nitrogens with one attached hydrogen (secondary N) is 2. The zero-order chi connectivity index (χ0) is 13.4. The Balaban J connectivity index is 1.65. The highest BCUT2D eigenvalue weighted by Gasteiger charge is 2.32. The van der Waals surface area contributed by atoms with E-state index >= 15 is 0 Å². The zero-order valence-electron chi connectivity index (χ0n) is 11.6. The molecule has 5 heteroatoms. The van der Waals surface area contributed by atoms with Gasteiger partial charge in [-0.15, -0.1) is 0 Å². The van der Waals surface area contributed by atoms with Gasteiger partial charge < -0.3 is 9.88 Å². The number of amides is 1. The van der Waals surface area contributed by atoms with E-state index in [1.54, 1.807) is 6.33 Å². The van der Waals surface area contributed by atoms with E-state index in [4.69, 9.17) is 0 Å². The summed E-state index contributed by atoms with van der Waals surface area (Å²) in [7, 11) is 0. The van der Waals surface area contributed by atoms with Gasteiger partial charge in [-0.3, -0.25) is 10.1 Å². The molecule has 1 saturated heterocycles. The molecule has 0 spiro atoms. The van der Waals surface area contributed by atoms with Gasteiger partial charge in [0.05, 0.1) is 23.8 Å². The summed E-state index contributed by atoms with van der Waals surface area (Å²) in [6, 6.07) is -0.101. The Labute approximate surface area is 113 Å². The third kappa shape index (κ3) is 2.39. The topological polar surface area (TPSA) is 61.0 Å².